The molecular formula is C25H27F4N5. The Morgan fingerprint density at radius 3 is 2.21 bits per heavy atom. The molecule has 2 aromatic carbocycles. The van der Waals surface area contributed by atoms with Crippen LogP contribution in [0.15, 0.2) is 48.5 Å². The van der Waals surface area contributed by atoms with Gasteiger partial charge < -0.3 is 9.80 Å². The van der Waals surface area contributed by atoms with E-state index in [1.807, 2.05) is 0 Å². The largest absolute Gasteiger partial charge is 0.416 e. The molecule has 0 amide bonds. The molecule has 5 nitrogen and oxygen atoms in total. The van der Waals surface area contributed by atoms with Gasteiger partial charge in [0, 0.05) is 51.1 Å². The van der Waals surface area contributed by atoms with E-state index in [9.17, 15) is 17.6 Å². The molecular weight excluding hydrogens is 446 g/mol. The van der Waals surface area contributed by atoms with Gasteiger partial charge in [0.1, 0.15) is 17.5 Å². The van der Waals surface area contributed by atoms with E-state index < -0.39 is 11.7 Å². The van der Waals surface area contributed by atoms with Crippen molar-refractivity contribution in [1.29, 1.82) is 0 Å². The fourth-order valence-corrected chi connectivity index (χ4v) is 4.00. The summed E-state index contributed by atoms with van der Waals surface area (Å²) in [5.74, 6) is 0.856. The summed E-state index contributed by atoms with van der Waals surface area (Å²) in [7, 11) is 0. The van der Waals surface area contributed by atoms with Crippen LogP contribution in [0.2, 0.25) is 0 Å². The van der Waals surface area contributed by atoms with Crippen molar-refractivity contribution in [3.8, 4) is 11.4 Å². The van der Waals surface area contributed by atoms with Crippen molar-refractivity contribution in [2.75, 3.05) is 39.3 Å². The molecule has 0 spiro atoms. The van der Waals surface area contributed by atoms with E-state index in [1.165, 1.54) is 18.2 Å². The molecule has 0 atom stereocenters. The summed E-state index contributed by atoms with van der Waals surface area (Å²) in [6, 6.07) is 11.0. The molecule has 0 aliphatic carbocycles. The average molecular weight is 474 g/mol. The lowest BCUT2D eigenvalue weighted by atomic mass is 10.1. The molecule has 0 N–H and O–H groups in total. The molecule has 1 aliphatic rings. The summed E-state index contributed by atoms with van der Waals surface area (Å²) in [6.07, 6.45) is -3.56. The van der Waals surface area contributed by atoms with Crippen LogP contribution in [-0.2, 0) is 19.0 Å². The number of hydrogen-bond acceptors (Lipinski definition) is 5. The smallest absolute Gasteiger partial charge is 0.301 e. The first-order valence-electron chi connectivity index (χ1n) is 11.4. The zero-order valence-corrected chi connectivity index (χ0v) is 19.0. The second kappa shape index (κ2) is 10.6. The lowest BCUT2D eigenvalue weighted by Gasteiger charge is -2.33. The summed E-state index contributed by atoms with van der Waals surface area (Å²) in [5.41, 5.74) is 0.348. The average Bonchev–Trinajstić information content (AvgIpc) is 2.84. The summed E-state index contributed by atoms with van der Waals surface area (Å²) < 4.78 is 53.0. The number of hydrogen-bond donors (Lipinski definition) is 0. The van der Waals surface area contributed by atoms with Gasteiger partial charge in [-0.3, -0.25) is 0 Å². The van der Waals surface area contributed by atoms with Gasteiger partial charge in [0.15, 0.2) is 5.82 Å². The molecule has 3 aromatic rings. The van der Waals surface area contributed by atoms with Crippen LogP contribution < -0.4 is 0 Å². The van der Waals surface area contributed by atoms with Gasteiger partial charge in [-0.1, -0.05) is 31.2 Å². The Bertz CT molecular complexity index is 1090. The van der Waals surface area contributed by atoms with E-state index in [-0.39, 0.29) is 17.2 Å². The molecule has 1 aromatic heterocycles. The van der Waals surface area contributed by atoms with Crippen molar-refractivity contribution in [1.82, 2.24) is 24.8 Å². The first-order valence-corrected chi connectivity index (χ1v) is 11.4. The van der Waals surface area contributed by atoms with Gasteiger partial charge in [0.2, 0.25) is 0 Å². The molecule has 0 saturated carbocycles. The molecule has 0 bridgehead atoms. The Labute approximate surface area is 196 Å². The Hall–Kier alpha value is -2.91. The molecule has 180 valence electrons. The van der Waals surface area contributed by atoms with E-state index in [1.54, 1.807) is 18.2 Å². The minimum Gasteiger partial charge on any atom is -0.301 e. The Morgan fingerprint density at radius 2 is 1.53 bits per heavy atom. The summed E-state index contributed by atoms with van der Waals surface area (Å²) in [6.45, 7) is 7.90. The Morgan fingerprint density at radius 1 is 0.853 bits per heavy atom. The van der Waals surface area contributed by atoms with Gasteiger partial charge in [-0.2, -0.15) is 13.2 Å². The Kier molecular flexibility index (Phi) is 7.53. The van der Waals surface area contributed by atoms with Crippen molar-refractivity contribution < 1.29 is 17.6 Å². The van der Waals surface area contributed by atoms with Crippen molar-refractivity contribution in [2.24, 2.45) is 0 Å². The SMILES string of the molecule is CCN1CCN(CCc2nc(Cc3ccc(F)cc3)nc(-c3cccc(C(F)(F)F)c3)n2)CC1. The molecule has 0 unspecified atom stereocenters. The zero-order chi connectivity index (χ0) is 24.1. The van der Waals surface area contributed by atoms with E-state index in [0.29, 0.717) is 24.5 Å². The molecule has 1 aliphatic heterocycles. The van der Waals surface area contributed by atoms with Crippen molar-refractivity contribution in [3.63, 3.8) is 0 Å². The number of piperazine rings is 1. The van der Waals surface area contributed by atoms with Gasteiger partial charge >= 0.3 is 6.18 Å². The number of likely N-dealkylation sites (N-methyl/N-ethyl adjacent to an activating group) is 1. The third kappa shape index (κ3) is 6.36. The standard InChI is InChI=1S/C25H27F4N5/c1-2-33-12-14-34(15-13-33)11-10-22-30-23(16-18-6-8-21(26)9-7-18)32-24(31-22)19-4-3-5-20(17-19)25(27,28)29/h3-9,17H,2,10-16H2,1H3. The van der Waals surface area contributed by atoms with Crippen LogP contribution in [0, 0.1) is 5.82 Å². The lowest BCUT2D eigenvalue weighted by molar-refractivity contribution is -0.137. The predicted octanol–water partition coefficient (Wildman–Crippen LogP) is 4.47. The highest BCUT2D eigenvalue weighted by Crippen LogP contribution is 2.31. The molecule has 1 saturated heterocycles. The normalized spacial score (nSPS) is 15.6. The number of alkyl halides is 3. The zero-order valence-electron chi connectivity index (χ0n) is 19.0. The number of rotatable bonds is 7. The van der Waals surface area contributed by atoms with E-state index in [0.717, 1.165) is 57.0 Å². The van der Waals surface area contributed by atoms with Gasteiger partial charge in [-0.15, -0.1) is 0 Å². The van der Waals surface area contributed by atoms with Crippen LogP contribution in [0.4, 0.5) is 17.6 Å². The van der Waals surface area contributed by atoms with E-state index in [4.69, 9.17) is 0 Å². The highest BCUT2D eigenvalue weighted by atomic mass is 19.4. The molecule has 1 fully saturated rings. The third-order valence-electron chi connectivity index (χ3n) is 6.02. The number of aromatic nitrogens is 3. The fraction of sp³-hybridized carbons (Fsp3) is 0.400. The van der Waals surface area contributed by atoms with Crippen molar-refractivity contribution in [2.45, 2.75) is 25.9 Å². The second-order valence-corrected chi connectivity index (χ2v) is 8.40. The van der Waals surface area contributed by atoms with Gasteiger partial charge in [-0.05, 0) is 36.4 Å². The van der Waals surface area contributed by atoms with Crippen LogP contribution >= 0.6 is 0 Å². The number of halogens is 4. The predicted molar refractivity (Wildman–Crippen MR) is 122 cm³/mol. The maximum atomic E-state index is 13.3. The second-order valence-electron chi connectivity index (χ2n) is 8.40. The highest BCUT2D eigenvalue weighted by molar-refractivity contribution is 5.56. The monoisotopic (exact) mass is 473 g/mol. The fourth-order valence-electron chi connectivity index (χ4n) is 4.00. The van der Waals surface area contributed by atoms with Crippen LogP contribution in [0.1, 0.15) is 29.7 Å². The topological polar surface area (TPSA) is 45.2 Å². The van der Waals surface area contributed by atoms with Gasteiger partial charge in [0.25, 0.3) is 0 Å². The molecule has 2 heterocycles. The summed E-state index contributed by atoms with van der Waals surface area (Å²) in [4.78, 5) is 18.3. The van der Waals surface area contributed by atoms with E-state index in [2.05, 4.69) is 31.7 Å². The first kappa shape index (κ1) is 24.2. The van der Waals surface area contributed by atoms with Crippen LogP contribution in [0.3, 0.4) is 0 Å². The minimum atomic E-state index is -4.45. The third-order valence-corrected chi connectivity index (χ3v) is 6.02. The Balaban J connectivity index is 1.59. The van der Waals surface area contributed by atoms with Crippen LogP contribution in [0.5, 0.6) is 0 Å². The maximum Gasteiger partial charge on any atom is 0.416 e. The number of nitrogens with zero attached hydrogens (tertiary/aromatic N) is 5. The van der Waals surface area contributed by atoms with E-state index >= 15 is 0 Å². The molecule has 9 heteroatoms. The van der Waals surface area contributed by atoms with Crippen LogP contribution in [0.25, 0.3) is 11.4 Å². The molecule has 0 radical (unpaired) electrons. The lowest BCUT2D eigenvalue weighted by Crippen LogP contribution is -2.46. The van der Waals surface area contributed by atoms with Gasteiger partial charge in [-0.25, -0.2) is 19.3 Å². The summed E-state index contributed by atoms with van der Waals surface area (Å²) >= 11 is 0. The van der Waals surface area contributed by atoms with Gasteiger partial charge in [0.05, 0.1) is 5.56 Å². The number of benzene rings is 2. The van der Waals surface area contributed by atoms with Crippen molar-refractivity contribution >= 4 is 0 Å². The maximum absolute atomic E-state index is 13.3. The van der Waals surface area contributed by atoms with Crippen molar-refractivity contribution in [3.05, 3.63) is 77.1 Å². The summed E-state index contributed by atoms with van der Waals surface area (Å²) in [5, 5.41) is 0. The van der Waals surface area contributed by atoms with Crippen LogP contribution in [-0.4, -0.2) is 64.0 Å². The quantitative estimate of drug-likeness (QED) is 0.474. The molecule has 34 heavy (non-hydrogen) atoms. The highest BCUT2D eigenvalue weighted by Gasteiger charge is 2.30. The molecule has 4 rings (SSSR count). The minimum absolute atomic E-state index is 0.212. The first-order chi connectivity index (χ1) is 16.3.